The number of rotatable bonds is 6. The summed E-state index contributed by atoms with van der Waals surface area (Å²) in [5.74, 6) is -0.984. The van der Waals surface area contributed by atoms with Crippen LogP contribution in [-0.2, 0) is 15.7 Å². The molecule has 0 atom stereocenters. The average Bonchev–Trinajstić information content (AvgIpc) is 3.27. The van der Waals surface area contributed by atoms with E-state index in [1.54, 1.807) is 19.1 Å². The van der Waals surface area contributed by atoms with Crippen molar-refractivity contribution in [1.29, 1.82) is 0 Å². The second-order valence-corrected chi connectivity index (χ2v) is 7.35. The standard InChI is InChI=1S/C22H24F3N3O3/c1-14-5-6-15(21(30)31-2)11-17(14)27-20(29)13-26-18-12-16(22(23,24)25)7-8-19(18)28-9-3-4-10-28/h5-8,11-12,26H,3-4,9-10,13H2,1-2H3,(H,27,29). The van der Waals surface area contributed by atoms with E-state index >= 15 is 0 Å². The molecule has 1 amide bonds. The highest BCUT2D eigenvalue weighted by Gasteiger charge is 2.31. The van der Waals surface area contributed by atoms with E-state index in [1.807, 2.05) is 4.90 Å². The maximum absolute atomic E-state index is 13.2. The number of hydrogen-bond donors (Lipinski definition) is 2. The summed E-state index contributed by atoms with van der Waals surface area (Å²) in [4.78, 5) is 26.2. The summed E-state index contributed by atoms with van der Waals surface area (Å²) in [7, 11) is 1.26. The highest BCUT2D eigenvalue weighted by Crippen LogP contribution is 2.36. The average molecular weight is 435 g/mol. The predicted octanol–water partition coefficient (Wildman–Crippen LogP) is 4.45. The molecule has 0 saturated carbocycles. The molecule has 2 aromatic rings. The molecule has 0 radical (unpaired) electrons. The first kappa shape index (κ1) is 22.5. The van der Waals surface area contributed by atoms with Gasteiger partial charge in [0.2, 0.25) is 5.91 Å². The largest absolute Gasteiger partial charge is 0.465 e. The van der Waals surface area contributed by atoms with Crippen LogP contribution in [0.5, 0.6) is 0 Å². The Morgan fingerprint density at radius 1 is 1.06 bits per heavy atom. The molecule has 2 N–H and O–H groups in total. The lowest BCUT2D eigenvalue weighted by molar-refractivity contribution is -0.137. The number of hydrogen-bond acceptors (Lipinski definition) is 5. The molecule has 0 unspecified atom stereocenters. The van der Waals surface area contributed by atoms with Crippen LogP contribution in [0.4, 0.5) is 30.2 Å². The van der Waals surface area contributed by atoms with Gasteiger partial charge in [0.05, 0.1) is 36.2 Å². The first-order chi connectivity index (χ1) is 14.7. The fourth-order valence-electron chi connectivity index (χ4n) is 3.46. The molecule has 0 spiro atoms. The fraction of sp³-hybridized carbons (Fsp3) is 0.364. The Hall–Kier alpha value is -3.23. The number of benzene rings is 2. The molecule has 2 aromatic carbocycles. The molecule has 1 heterocycles. The number of nitrogens with one attached hydrogen (secondary N) is 2. The van der Waals surface area contributed by atoms with Gasteiger partial charge >= 0.3 is 12.1 Å². The lowest BCUT2D eigenvalue weighted by atomic mass is 10.1. The number of halogens is 3. The summed E-state index contributed by atoms with van der Waals surface area (Å²) in [6, 6.07) is 8.29. The van der Waals surface area contributed by atoms with Crippen molar-refractivity contribution in [2.24, 2.45) is 0 Å². The second-order valence-electron chi connectivity index (χ2n) is 7.35. The van der Waals surface area contributed by atoms with Crippen molar-refractivity contribution in [3.05, 3.63) is 53.1 Å². The van der Waals surface area contributed by atoms with Crippen molar-refractivity contribution >= 4 is 28.9 Å². The molecule has 1 fully saturated rings. The molecule has 1 saturated heterocycles. The van der Waals surface area contributed by atoms with E-state index in [4.69, 9.17) is 0 Å². The minimum atomic E-state index is -4.48. The first-order valence-corrected chi connectivity index (χ1v) is 9.88. The zero-order valence-corrected chi connectivity index (χ0v) is 17.3. The number of amides is 1. The van der Waals surface area contributed by atoms with Crippen molar-refractivity contribution in [1.82, 2.24) is 0 Å². The van der Waals surface area contributed by atoms with Crippen molar-refractivity contribution < 1.29 is 27.5 Å². The van der Waals surface area contributed by atoms with Crippen LogP contribution in [0.3, 0.4) is 0 Å². The minimum absolute atomic E-state index is 0.232. The van der Waals surface area contributed by atoms with Gasteiger partial charge in [-0.25, -0.2) is 4.79 Å². The predicted molar refractivity (Wildman–Crippen MR) is 113 cm³/mol. The number of aryl methyl sites for hydroxylation is 1. The van der Waals surface area contributed by atoms with Gasteiger partial charge in [0, 0.05) is 18.8 Å². The third kappa shape index (κ3) is 5.48. The van der Waals surface area contributed by atoms with Gasteiger partial charge < -0.3 is 20.3 Å². The van der Waals surface area contributed by atoms with Gasteiger partial charge in [-0.15, -0.1) is 0 Å². The van der Waals surface area contributed by atoms with Crippen LogP contribution >= 0.6 is 0 Å². The van der Waals surface area contributed by atoms with Gasteiger partial charge in [-0.05, 0) is 55.7 Å². The van der Waals surface area contributed by atoms with Gasteiger partial charge in [-0.1, -0.05) is 6.07 Å². The van der Waals surface area contributed by atoms with Crippen molar-refractivity contribution in [2.75, 3.05) is 42.3 Å². The molecule has 166 valence electrons. The van der Waals surface area contributed by atoms with Crippen LogP contribution < -0.4 is 15.5 Å². The molecule has 9 heteroatoms. The van der Waals surface area contributed by atoms with Crippen LogP contribution in [0, 0.1) is 6.92 Å². The third-order valence-electron chi connectivity index (χ3n) is 5.14. The third-order valence-corrected chi connectivity index (χ3v) is 5.14. The number of anilines is 3. The Balaban J connectivity index is 1.75. The molecular weight excluding hydrogens is 411 g/mol. The van der Waals surface area contributed by atoms with Gasteiger partial charge in [-0.3, -0.25) is 4.79 Å². The fourth-order valence-corrected chi connectivity index (χ4v) is 3.46. The van der Waals surface area contributed by atoms with Gasteiger partial charge in [0.25, 0.3) is 0 Å². The molecule has 1 aliphatic rings. The van der Waals surface area contributed by atoms with Crippen molar-refractivity contribution in [2.45, 2.75) is 25.9 Å². The van der Waals surface area contributed by atoms with E-state index in [0.717, 1.165) is 43.6 Å². The Bertz CT molecular complexity index is 970. The topological polar surface area (TPSA) is 70.7 Å². The monoisotopic (exact) mass is 435 g/mol. The summed E-state index contributed by atoms with van der Waals surface area (Å²) in [5, 5.41) is 5.53. The van der Waals surface area contributed by atoms with Crippen LogP contribution in [0.15, 0.2) is 36.4 Å². The second kappa shape index (κ2) is 9.28. The number of carbonyl (C=O) groups excluding carboxylic acids is 2. The zero-order chi connectivity index (χ0) is 22.6. The highest BCUT2D eigenvalue weighted by molar-refractivity contribution is 5.97. The SMILES string of the molecule is COC(=O)c1ccc(C)c(NC(=O)CNc2cc(C(F)(F)F)ccc2N2CCCC2)c1. The molecule has 31 heavy (non-hydrogen) atoms. The molecule has 0 aliphatic carbocycles. The lowest BCUT2D eigenvalue weighted by Crippen LogP contribution is -2.25. The van der Waals surface area contributed by atoms with E-state index in [2.05, 4.69) is 15.4 Å². The van der Waals surface area contributed by atoms with E-state index < -0.39 is 23.6 Å². The van der Waals surface area contributed by atoms with Gasteiger partial charge in [0.1, 0.15) is 0 Å². The van der Waals surface area contributed by atoms with Gasteiger partial charge in [-0.2, -0.15) is 13.2 Å². The molecule has 6 nitrogen and oxygen atoms in total. The van der Waals surface area contributed by atoms with Gasteiger partial charge in [0.15, 0.2) is 0 Å². The normalized spacial score (nSPS) is 13.8. The van der Waals surface area contributed by atoms with Crippen molar-refractivity contribution in [3.8, 4) is 0 Å². The smallest absolute Gasteiger partial charge is 0.416 e. The number of alkyl halides is 3. The Kier molecular flexibility index (Phi) is 6.72. The summed E-state index contributed by atoms with van der Waals surface area (Å²) in [5.41, 5.74) is 1.57. The zero-order valence-electron chi connectivity index (χ0n) is 17.3. The van der Waals surface area contributed by atoms with E-state index in [1.165, 1.54) is 19.2 Å². The minimum Gasteiger partial charge on any atom is -0.465 e. The van der Waals surface area contributed by atoms with E-state index in [0.29, 0.717) is 11.4 Å². The number of ether oxygens (including phenoxy) is 1. The number of carbonyl (C=O) groups is 2. The number of methoxy groups -OCH3 is 1. The van der Waals surface area contributed by atoms with E-state index in [-0.39, 0.29) is 17.8 Å². The van der Waals surface area contributed by atoms with E-state index in [9.17, 15) is 22.8 Å². The lowest BCUT2D eigenvalue weighted by Gasteiger charge is -2.23. The summed E-state index contributed by atoms with van der Waals surface area (Å²) in [6.07, 6.45) is -2.54. The molecule has 0 bridgehead atoms. The van der Waals surface area contributed by atoms with Crippen molar-refractivity contribution in [3.63, 3.8) is 0 Å². The molecular formula is C22H24F3N3O3. The maximum atomic E-state index is 13.2. The number of nitrogens with zero attached hydrogens (tertiary/aromatic N) is 1. The summed E-state index contributed by atoms with van der Waals surface area (Å²) in [6.45, 7) is 3.05. The molecule has 3 rings (SSSR count). The Morgan fingerprint density at radius 3 is 2.42 bits per heavy atom. The molecule has 0 aromatic heterocycles. The van der Waals surface area contributed by atoms with Crippen LogP contribution in [0.25, 0.3) is 0 Å². The highest BCUT2D eigenvalue weighted by atomic mass is 19.4. The van der Waals surface area contributed by atoms with Crippen LogP contribution in [0.1, 0.15) is 34.3 Å². The molecule has 1 aliphatic heterocycles. The van der Waals surface area contributed by atoms with Crippen LogP contribution in [0.2, 0.25) is 0 Å². The Morgan fingerprint density at radius 2 is 1.77 bits per heavy atom. The first-order valence-electron chi connectivity index (χ1n) is 9.88. The quantitative estimate of drug-likeness (QED) is 0.656. The van der Waals surface area contributed by atoms with Crippen LogP contribution in [-0.4, -0.2) is 38.6 Å². The summed E-state index contributed by atoms with van der Waals surface area (Å²) < 4.78 is 44.2. The maximum Gasteiger partial charge on any atom is 0.416 e. The number of esters is 1. The summed E-state index contributed by atoms with van der Waals surface area (Å²) >= 11 is 0. The Labute approximate surface area is 178 Å².